The molecule has 1 heterocycles. The first-order valence-corrected chi connectivity index (χ1v) is 9.10. The Labute approximate surface area is 134 Å². The molecule has 4 nitrogen and oxygen atoms in total. The van der Waals surface area contributed by atoms with Gasteiger partial charge < -0.3 is 4.90 Å². The third-order valence-corrected chi connectivity index (χ3v) is 5.51. The second kappa shape index (κ2) is 5.31. The number of amides is 1. The Hall–Kier alpha value is -0.930. The molecule has 0 atom stereocenters. The topological polar surface area (TPSA) is 54.5 Å². The molecule has 2 rings (SSSR count). The van der Waals surface area contributed by atoms with Crippen molar-refractivity contribution >= 4 is 43.1 Å². The van der Waals surface area contributed by atoms with Gasteiger partial charge in [0.25, 0.3) is 9.05 Å². The minimum atomic E-state index is -5.05. The summed E-state index contributed by atoms with van der Waals surface area (Å²) >= 11 is 1.27. The van der Waals surface area contributed by atoms with Gasteiger partial charge in [-0.3, -0.25) is 4.79 Å². The molecular formula is C12H11ClF3NO3S2. The predicted octanol–water partition coefficient (Wildman–Crippen LogP) is 3.39. The normalized spacial score (nSPS) is 18.0. The van der Waals surface area contributed by atoms with Gasteiger partial charge in [-0.05, 0) is 32.0 Å². The highest BCUT2D eigenvalue weighted by molar-refractivity contribution is 8.13. The van der Waals surface area contributed by atoms with E-state index in [-0.39, 0.29) is 17.1 Å². The number of thioether (sulfide) groups is 1. The van der Waals surface area contributed by atoms with Crippen LogP contribution in [0.4, 0.5) is 18.9 Å². The van der Waals surface area contributed by atoms with Gasteiger partial charge in [-0.2, -0.15) is 13.2 Å². The van der Waals surface area contributed by atoms with E-state index in [1.165, 1.54) is 23.9 Å². The fourth-order valence-electron chi connectivity index (χ4n) is 2.08. The van der Waals surface area contributed by atoms with Gasteiger partial charge in [-0.1, -0.05) is 0 Å². The Morgan fingerprint density at radius 1 is 1.36 bits per heavy atom. The van der Waals surface area contributed by atoms with E-state index < -0.39 is 25.9 Å². The zero-order valence-electron chi connectivity index (χ0n) is 11.4. The van der Waals surface area contributed by atoms with Gasteiger partial charge in [-0.25, -0.2) is 8.42 Å². The molecule has 0 N–H and O–H groups in total. The van der Waals surface area contributed by atoms with E-state index in [0.717, 1.165) is 6.07 Å². The van der Waals surface area contributed by atoms with Gasteiger partial charge in [0.15, 0.2) is 0 Å². The molecule has 10 heteroatoms. The zero-order chi connectivity index (χ0) is 16.9. The summed E-state index contributed by atoms with van der Waals surface area (Å²) < 4.78 is 60.4. The van der Waals surface area contributed by atoms with Gasteiger partial charge >= 0.3 is 12.1 Å². The zero-order valence-corrected chi connectivity index (χ0v) is 13.8. The van der Waals surface area contributed by atoms with Crippen LogP contribution in [0, 0.1) is 0 Å². The molecule has 0 spiro atoms. The minimum absolute atomic E-state index is 0.103. The highest BCUT2D eigenvalue weighted by atomic mass is 35.7. The van der Waals surface area contributed by atoms with Crippen LogP contribution in [0.25, 0.3) is 0 Å². The molecule has 0 saturated heterocycles. The lowest BCUT2D eigenvalue weighted by Gasteiger charge is -2.39. The van der Waals surface area contributed by atoms with E-state index in [4.69, 9.17) is 10.7 Å². The minimum Gasteiger partial charge on any atom is -0.302 e. The van der Waals surface area contributed by atoms with Crippen molar-refractivity contribution in [3.05, 3.63) is 18.2 Å². The molecule has 1 aromatic carbocycles. The van der Waals surface area contributed by atoms with Crippen molar-refractivity contribution in [2.75, 3.05) is 11.4 Å². The molecule has 22 heavy (non-hydrogen) atoms. The molecule has 1 aliphatic rings. The predicted molar refractivity (Wildman–Crippen MR) is 77.8 cm³/mol. The van der Waals surface area contributed by atoms with E-state index in [9.17, 15) is 26.4 Å². The van der Waals surface area contributed by atoms with Crippen LogP contribution in [0.5, 0.6) is 0 Å². The quantitative estimate of drug-likeness (QED) is 0.708. The number of anilines is 1. The smallest absolute Gasteiger partial charge is 0.302 e. The Balaban J connectivity index is 2.61. The maximum absolute atomic E-state index is 12.8. The summed E-state index contributed by atoms with van der Waals surface area (Å²) in [7, 11) is 1.11. The lowest BCUT2D eigenvalue weighted by atomic mass is 10.1. The SMILES string of the molecule is CC1(C)CN(C(=O)C(F)(F)F)c2cc(S(=O)(=O)Cl)ccc2S1. The number of carbonyl (C=O) groups excluding carboxylic acids is 1. The Morgan fingerprint density at radius 3 is 2.45 bits per heavy atom. The molecule has 1 aromatic rings. The van der Waals surface area contributed by atoms with Crippen molar-refractivity contribution in [2.24, 2.45) is 0 Å². The number of nitrogens with zero attached hydrogens (tertiary/aromatic N) is 1. The first kappa shape index (κ1) is 17.4. The van der Waals surface area contributed by atoms with Crippen molar-refractivity contribution in [1.29, 1.82) is 0 Å². The number of carbonyl (C=O) groups is 1. The molecule has 122 valence electrons. The summed E-state index contributed by atoms with van der Waals surface area (Å²) in [6, 6.07) is 3.54. The molecule has 0 aromatic heterocycles. The monoisotopic (exact) mass is 373 g/mol. The van der Waals surface area contributed by atoms with E-state index in [2.05, 4.69) is 0 Å². The van der Waals surface area contributed by atoms with Crippen LogP contribution in [0.3, 0.4) is 0 Å². The first-order valence-electron chi connectivity index (χ1n) is 5.98. The number of alkyl halides is 3. The lowest BCUT2D eigenvalue weighted by molar-refractivity contribution is -0.170. The van der Waals surface area contributed by atoms with E-state index in [1.807, 2.05) is 0 Å². The summed E-state index contributed by atoms with van der Waals surface area (Å²) in [5.41, 5.74) is -0.103. The maximum atomic E-state index is 12.8. The molecule has 0 fully saturated rings. The van der Waals surface area contributed by atoms with Crippen LogP contribution in [-0.4, -0.2) is 31.8 Å². The molecule has 0 aliphatic carbocycles. The highest BCUT2D eigenvalue weighted by Crippen LogP contribution is 2.46. The number of benzene rings is 1. The van der Waals surface area contributed by atoms with Gasteiger partial charge in [-0.15, -0.1) is 11.8 Å². The van der Waals surface area contributed by atoms with Crippen LogP contribution in [0.2, 0.25) is 0 Å². The number of hydrogen-bond donors (Lipinski definition) is 0. The maximum Gasteiger partial charge on any atom is 0.471 e. The largest absolute Gasteiger partial charge is 0.471 e. The van der Waals surface area contributed by atoms with E-state index >= 15 is 0 Å². The average molecular weight is 374 g/mol. The number of halogens is 4. The number of rotatable bonds is 1. The van der Waals surface area contributed by atoms with Crippen LogP contribution in [0.1, 0.15) is 13.8 Å². The molecule has 0 saturated carbocycles. The van der Waals surface area contributed by atoms with Gasteiger partial charge in [0, 0.05) is 26.9 Å². The molecule has 0 bridgehead atoms. The third-order valence-electron chi connectivity index (χ3n) is 2.92. The van der Waals surface area contributed by atoms with Crippen molar-refractivity contribution in [2.45, 2.75) is 34.6 Å². The fraction of sp³-hybridized carbons (Fsp3) is 0.417. The lowest BCUT2D eigenvalue weighted by Crippen LogP contribution is -2.49. The van der Waals surface area contributed by atoms with Gasteiger partial charge in [0.2, 0.25) is 0 Å². The van der Waals surface area contributed by atoms with Crippen molar-refractivity contribution in [3.63, 3.8) is 0 Å². The summed E-state index contributed by atoms with van der Waals surface area (Å²) in [5, 5.41) is 0. The van der Waals surface area contributed by atoms with Crippen molar-refractivity contribution in [3.8, 4) is 0 Å². The summed E-state index contributed by atoms with van der Waals surface area (Å²) in [6.45, 7) is 3.20. The van der Waals surface area contributed by atoms with Gasteiger partial charge in [0.05, 0.1) is 10.6 Å². The first-order chi connectivity index (χ1) is 9.81. The molecule has 0 radical (unpaired) electrons. The van der Waals surface area contributed by atoms with Crippen LogP contribution in [0.15, 0.2) is 28.0 Å². The summed E-state index contributed by atoms with van der Waals surface area (Å²) in [4.78, 5) is 12.2. The van der Waals surface area contributed by atoms with Crippen LogP contribution < -0.4 is 4.90 Å². The Bertz CT molecular complexity index is 732. The molecule has 1 aliphatic heterocycles. The van der Waals surface area contributed by atoms with Crippen LogP contribution >= 0.6 is 22.4 Å². The van der Waals surface area contributed by atoms with Gasteiger partial charge in [0.1, 0.15) is 0 Å². The number of hydrogen-bond acceptors (Lipinski definition) is 4. The average Bonchev–Trinajstić information content (AvgIpc) is 2.33. The third kappa shape index (κ3) is 3.52. The second-order valence-electron chi connectivity index (χ2n) is 5.32. The molecule has 0 unspecified atom stereocenters. The summed E-state index contributed by atoms with van der Waals surface area (Å²) in [6.07, 6.45) is -5.05. The highest BCUT2D eigenvalue weighted by Gasteiger charge is 2.47. The fourth-order valence-corrected chi connectivity index (χ4v) is 4.05. The van der Waals surface area contributed by atoms with E-state index in [0.29, 0.717) is 9.80 Å². The Morgan fingerprint density at radius 2 is 1.95 bits per heavy atom. The Kier molecular flexibility index (Phi) is 4.21. The second-order valence-corrected chi connectivity index (χ2v) is 9.63. The molecular weight excluding hydrogens is 363 g/mol. The van der Waals surface area contributed by atoms with Crippen molar-refractivity contribution < 1.29 is 26.4 Å². The standard InChI is InChI=1S/C12H11ClF3NO3S2/c1-11(2)6-17(10(18)12(14,15)16)8-5-7(22(13,19)20)3-4-9(8)21-11/h3-5H,6H2,1-2H3. The van der Waals surface area contributed by atoms with Crippen molar-refractivity contribution in [1.82, 2.24) is 0 Å². The molecule has 1 amide bonds. The summed E-state index contributed by atoms with van der Waals surface area (Å²) in [5.74, 6) is -2.04. The van der Waals surface area contributed by atoms with E-state index in [1.54, 1.807) is 13.8 Å². The number of fused-ring (bicyclic) bond motifs is 1. The van der Waals surface area contributed by atoms with Crippen LogP contribution in [-0.2, 0) is 13.8 Å².